The number of rotatable bonds is 3. The van der Waals surface area contributed by atoms with Gasteiger partial charge in [0.15, 0.2) is 0 Å². The lowest BCUT2D eigenvalue weighted by molar-refractivity contribution is 0.0692. The van der Waals surface area contributed by atoms with E-state index < -0.39 is 12.1 Å². The molecule has 1 aromatic carbocycles. The Morgan fingerprint density at radius 1 is 1.16 bits per heavy atom. The molecule has 2 N–H and O–H groups in total. The number of benzene rings is 1. The molecule has 0 radical (unpaired) electrons. The van der Waals surface area contributed by atoms with Gasteiger partial charge in [-0.05, 0) is 54.5 Å². The summed E-state index contributed by atoms with van der Waals surface area (Å²) in [6.07, 6.45) is -0.884. The second-order valence-corrected chi connectivity index (χ2v) is 5.65. The molecule has 0 amide bonds. The second-order valence-electron chi connectivity index (χ2n) is 4.70. The highest BCUT2D eigenvalue weighted by molar-refractivity contribution is 7.10. The first kappa shape index (κ1) is 13.8. The number of carboxylic acid groups (broad SMARTS) is 1. The van der Waals surface area contributed by atoms with Gasteiger partial charge in [0, 0.05) is 0 Å². The summed E-state index contributed by atoms with van der Waals surface area (Å²) in [6, 6.07) is 5.48. The van der Waals surface area contributed by atoms with Gasteiger partial charge in [0.25, 0.3) is 0 Å². The minimum Gasteiger partial charge on any atom is -0.478 e. The van der Waals surface area contributed by atoms with Crippen LogP contribution in [0.5, 0.6) is 0 Å². The van der Waals surface area contributed by atoms with Crippen molar-refractivity contribution < 1.29 is 15.0 Å². The average molecular weight is 276 g/mol. The number of aromatic carboxylic acids is 1. The molecule has 1 unspecified atom stereocenters. The van der Waals surface area contributed by atoms with Crippen LogP contribution >= 0.6 is 11.3 Å². The summed E-state index contributed by atoms with van der Waals surface area (Å²) in [5, 5.41) is 21.3. The summed E-state index contributed by atoms with van der Waals surface area (Å²) in [5.41, 5.74) is 4.18. The molecule has 1 aromatic heterocycles. The van der Waals surface area contributed by atoms with Gasteiger partial charge < -0.3 is 10.2 Å². The van der Waals surface area contributed by atoms with Crippen molar-refractivity contribution >= 4 is 17.3 Å². The van der Waals surface area contributed by atoms with Crippen LogP contribution in [0.3, 0.4) is 0 Å². The Morgan fingerprint density at radius 2 is 1.79 bits per heavy atom. The zero-order chi connectivity index (χ0) is 14.2. The molecule has 19 heavy (non-hydrogen) atoms. The third-order valence-corrected chi connectivity index (χ3v) is 4.32. The molecule has 1 heterocycles. The van der Waals surface area contributed by atoms with E-state index in [2.05, 4.69) is 0 Å². The fraction of sp³-hybridized carbons (Fsp3) is 0.267. The Labute approximate surface area is 116 Å². The number of carboxylic acids is 1. The van der Waals surface area contributed by atoms with Crippen LogP contribution in [-0.2, 0) is 0 Å². The maximum absolute atomic E-state index is 11.1. The van der Waals surface area contributed by atoms with Crippen LogP contribution in [0.4, 0.5) is 0 Å². The maximum atomic E-state index is 11.1. The van der Waals surface area contributed by atoms with E-state index in [-0.39, 0.29) is 5.56 Å². The maximum Gasteiger partial charge on any atom is 0.336 e. The lowest BCUT2D eigenvalue weighted by Gasteiger charge is -2.15. The van der Waals surface area contributed by atoms with E-state index in [4.69, 9.17) is 5.11 Å². The van der Waals surface area contributed by atoms with Crippen LogP contribution < -0.4 is 0 Å². The molecule has 0 aliphatic rings. The van der Waals surface area contributed by atoms with Crippen molar-refractivity contribution in [2.24, 2.45) is 0 Å². The van der Waals surface area contributed by atoms with E-state index in [1.165, 1.54) is 17.4 Å². The number of carbonyl (C=O) groups is 1. The lowest BCUT2D eigenvalue weighted by Crippen LogP contribution is -2.07. The molecule has 3 nitrogen and oxygen atoms in total. The van der Waals surface area contributed by atoms with Crippen molar-refractivity contribution in [1.29, 1.82) is 0 Å². The topological polar surface area (TPSA) is 57.5 Å². The van der Waals surface area contributed by atoms with E-state index in [1.54, 1.807) is 5.38 Å². The van der Waals surface area contributed by atoms with Crippen LogP contribution in [0, 0.1) is 20.8 Å². The Morgan fingerprint density at radius 3 is 2.42 bits per heavy atom. The van der Waals surface area contributed by atoms with Crippen molar-refractivity contribution in [3.63, 3.8) is 0 Å². The smallest absolute Gasteiger partial charge is 0.336 e. The van der Waals surface area contributed by atoms with E-state index in [9.17, 15) is 9.90 Å². The Kier molecular flexibility index (Phi) is 3.73. The Hall–Kier alpha value is -1.65. The molecule has 4 heteroatoms. The SMILES string of the molecule is Cc1cc(C)c(C(O)c2sccc2C(=O)O)cc1C. The van der Waals surface area contributed by atoms with Crippen LogP contribution in [0.2, 0.25) is 0 Å². The molecule has 100 valence electrons. The standard InChI is InChI=1S/C15H16O3S/c1-8-6-10(3)12(7-9(8)2)13(16)14-11(15(17)18)4-5-19-14/h4-7,13,16H,1-3H3,(H,17,18). The zero-order valence-electron chi connectivity index (χ0n) is 11.1. The normalized spacial score (nSPS) is 12.4. The number of hydrogen-bond donors (Lipinski definition) is 2. The molecular weight excluding hydrogens is 260 g/mol. The van der Waals surface area contributed by atoms with Crippen molar-refractivity contribution in [2.75, 3.05) is 0 Å². The highest BCUT2D eigenvalue weighted by atomic mass is 32.1. The van der Waals surface area contributed by atoms with Gasteiger partial charge >= 0.3 is 5.97 Å². The molecule has 0 aliphatic heterocycles. The molecule has 0 saturated carbocycles. The van der Waals surface area contributed by atoms with Gasteiger partial charge in [-0.15, -0.1) is 11.3 Å². The quantitative estimate of drug-likeness (QED) is 0.902. The van der Waals surface area contributed by atoms with E-state index >= 15 is 0 Å². The first-order valence-electron chi connectivity index (χ1n) is 5.98. The first-order chi connectivity index (χ1) is 8.91. The summed E-state index contributed by atoms with van der Waals surface area (Å²) in [6.45, 7) is 5.93. The monoisotopic (exact) mass is 276 g/mol. The van der Waals surface area contributed by atoms with Crippen LogP contribution in [-0.4, -0.2) is 16.2 Å². The summed E-state index contributed by atoms with van der Waals surface area (Å²) in [5.74, 6) is -1.00. The minimum absolute atomic E-state index is 0.176. The number of hydrogen-bond acceptors (Lipinski definition) is 3. The van der Waals surface area contributed by atoms with E-state index in [1.807, 2.05) is 32.9 Å². The predicted octanol–water partition coefficient (Wildman–Crippen LogP) is 3.45. The fourth-order valence-corrected chi connectivity index (χ4v) is 3.02. The summed E-state index contributed by atoms with van der Waals surface area (Å²) in [7, 11) is 0. The molecule has 2 aromatic rings. The average Bonchev–Trinajstić information content (AvgIpc) is 2.82. The zero-order valence-corrected chi connectivity index (χ0v) is 11.9. The lowest BCUT2D eigenvalue weighted by atomic mass is 9.95. The molecule has 0 bridgehead atoms. The number of thiophene rings is 1. The third-order valence-electron chi connectivity index (χ3n) is 3.35. The molecule has 0 spiro atoms. The predicted molar refractivity (Wildman–Crippen MR) is 76.0 cm³/mol. The van der Waals surface area contributed by atoms with E-state index in [0.29, 0.717) is 4.88 Å². The number of aliphatic hydroxyl groups is 1. The van der Waals surface area contributed by atoms with E-state index in [0.717, 1.165) is 22.3 Å². The number of aryl methyl sites for hydroxylation is 3. The summed E-state index contributed by atoms with van der Waals surface area (Å²) < 4.78 is 0. The highest BCUT2D eigenvalue weighted by Gasteiger charge is 2.21. The molecule has 0 saturated heterocycles. The highest BCUT2D eigenvalue weighted by Crippen LogP contribution is 2.32. The third kappa shape index (κ3) is 2.55. The minimum atomic E-state index is -1.00. The molecule has 1 atom stereocenters. The Balaban J connectivity index is 2.50. The first-order valence-corrected chi connectivity index (χ1v) is 6.86. The van der Waals surface area contributed by atoms with Gasteiger partial charge in [-0.25, -0.2) is 4.79 Å². The molecule has 0 aliphatic carbocycles. The molecule has 0 fully saturated rings. The van der Waals surface area contributed by atoms with Gasteiger partial charge in [-0.1, -0.05) is 12.1 Å². The van der Waals surface area contributed by atoms with Gasteiger partial charge in [-0.3, -0.25) is 0 Å². The van der Waals surface area contributed by atoms with Gasteiger partial charge in [0.1, 0.15) is 6.10 Å². The number of aliphatic hydroxyl groups excluding tert-OH is 1. The van der Waals surface area contributed by atoms with Gasteiger partial charge in [0.05, 0.1) is 10.4 Å². The van der Waals surface area contributed by atoms with Crippen LogP contribution in [0.1, 0.15) is 43.6 Å². The van der Waals surface area contributed by atoms with Crippen molar-refractivity contribution in [1.82, 2.24) is 0 Å². The largest absolute Gasteiger partial charge is 0.478 e. The van der Waals surface area contributed by atoms with Crippen molar-refractivity contribution in [2.45, 2.75) is 26.9 Å². The molecule has 2 rings (SSSR count). The van der Waals surface area contributed by atoms with Gasteiger partial charge in [-0.2, -0.15) is 0 Å². The Bertz CT molecular complexity index is 628. The van der Waals surface area contributed by atoms with Crippen molar-refractivity contribution in [3.05, 3.63) is 56.3 Å². The fourth-order valence-electron chi connectivity index (χ4n) is 2.13. The van der Waals surface area contributed by atoms with Crippen LogP contribution in [0.15, 0.2) is 23.6 Å². The molecular formula is C15H16O3S. The summed E-state index contributed by atoms with van der Waals surface area (Å²) >= 11 is 1.27. The second kappa shape index (κ2) is 5.15. The van der Waals surface area contributed by atoms with Gasteiger partial charge in [0.2, 0.25) is 0 Å². The van der Waals surface area contributed by atoms with Crippen LogP contribution in [0.25, 0.3) is 0 Å². The summed E-state index contributed by atoms with van der Waals surface area (Å²) in [4.78, 5) is 11.6. The van der Waals surface area contributed by atoms with Crippen molar-refractivity contribution in [3.8, 4) is 0 Å².